The molecule has 0 aromatic carbocycles. The van der Waals surface area contributed by atoms with E-state index in [1.165, 1.54) is 16.7 Å². The highest BCUT2D eigenvalue weighted by Crippen LogP contribution is 2.28. The fourth-order valence-electron chi connectivity index (χ4n) is 0.946. The Morgan fingerprint density at radius 3 is 2.62 bits per heavy atom. The van der Waals surface area contributed by atoms with Crippen LogP contribution in [0.5, 0.6) is 0 Å². The van der Waals surface area contributed by atoms with Gasteiger partial charge in [-0.2, -0.15) is 18.2 Å². The van der Waals surface area contributed by atoms with E-state index in [1.54, 1.807) is 0 Å². The molecule has 0 aliphatic rings. The van der Waals surface area contributed by atoms with E-state index in [2.05, 4.69) is 19.6 Å². The predicted octanol–water partition coefficient (Wildman–Crippen LogP) is 1.67. The van der Waals surface area contributed by atoms with Crippen LogP contribution in [0.4, 0.5) is 13.2 Å². The topological polar surface area (TPSA) is 77.8 Å². The number of halogens is 3. The van der Waals surface area contributed by atoms with Gasteiger partial charge in [0.05, 0.1) is 0 Å². The maximum absolute atomic E-state index is 12.2. The number of aromatic nitrogens is 3. The largest absolute Gasteiger partial charge is 0.455 e. The molecule has 2 aromatic heterocycles. The Kier molecular flexibility index (Phi) is 2.64. The Labute approximate surface area is 91.1 Å². The van der Waals surface area contributed by atoms with Crippen molar-refractivity contribution in [3.8, 4) is 11.6 Å². The summed E-state index contributed by atoms with van der Waals surface area (Å²) in [5, 5.41) is 4.92. The van der Waals surface area contributed by atoms with Crippen LogP contribution < -0.4 is 5.73 Å². The van der Waals surface area contributed by atoms with Crippen LogP contribution >= 0.6 is 11.3 Å². The second-order valence-electron chi connectivity index (χ2n) is 2.75. The Hall–Kier alpha value is -1.48. The van der Waals surface area contributed by atoms with Gasteiger partial charge in [0.15, 0.2) is 0 Å². The first kappa shape index (κ1) is 11.0. The van der Waals surface area contributed by atoms with Gasteiger partial charge in [0.1, 0.15) is 10.7 Å². The van der Waals surface area contributed by atoms with E-state index >= 15 is 0 Å². The van der Waals surface area contributed by atoms with Crippen molar-refractivity contribution in [2.45, 2.75) is 12.7 Å². The molecule has 2 N–H and O–H groups in total. The Balaban J connectivity index is 2.31. The highest BCUT2D eigenvalue weighted by atomic mass is 32.1. The van der Waals surface area contributed by atoms with Gasteiger partial charge >= 0.3 is 6.18 Å². The average molecular weight is 250 g/mol. The molecule has 5 nitrogen and oxygen atoms in total. The van der Waals surface area contributed by atoms with Gasteiger partial charge in [-0.15, -0.1) is 11.3 Å². The van der Waals surface area contributed by atoms with E-state index in [0.717, 1.165) is 0 Å². The minimum Gasteiger partial charge on any atom is -0.332 e. The predicted molar refractivity (Wildman–Crippen MR) is 48.3 cm³/mol. The van der Waals surface area contributed by atoms with Crippen molar-refractivity contribution in [2.75, 3.05) is 0 Å². The fraction of sp³-hybridized carbons (Fsp3) is 0.286. The molecule has 2 heterocycles. The first-order valence-corrected chi connectivity index (χ1v) is 4.94. The maximum Gasteiger partial charge on any atom is 0.455 e. The van der Waals surface area contributed by atoms with Crippen molar-refractivity contribution < 1.29 is 17.7 Å². The van der Waals surface area contributed by atoms with Gasteiger partial charge in [-0.3, -0.25) is 0 Å². The smallest absolute Gasteiger partial charge is 0.332 e. The van der Waals surface area contributed by atoms with Gasteiger partial charge in [0, 0.05) is 11.9 Å². The number of nitrogens with two attached hydrogens (primary N) is 1. The van der Waals surface area contributed by atoms with Crippen LogP contribution in [0.3, 0.4) is 0 Å². The number of rotatable bonds is 2. The molecular formula is C7H5F3N4OS. The van der Waals surface area contributed by atoms with E-state index in [4.69, 9.17) is 5.73 Å². The van der Waals surface area contributed by atoms with Crippen molar-refractivity contribution in [1.29, 1.82) is 0 Å². The highest BCUT2D eigenvalue weighted by Gasteiger charge is 2.37. The van der Waals surface area contributed by atoms with E-state index in [-0.39, 0.29) is 18.1 Å². The second-order valence-corrected chi connectivity index (χ2v) is 3.69. The van der Waals surface area contributed by atoms with E-state index in [9.17, 15) is 13.2 Å². The molecule has 0 atom stereocenters. The van der Waals surface area contributed by atoms with E-state index < -0.39 is 12.0 Å². The summed E-state index contributed by atoms with van der Waals surface area (Å²) in [6.07, 6.45) is -4.62. The second kappa shape index (κ2) is 3.83. The first-order chi connectivity index (χ1) is 7.50. The summed E-state index contributed by atoms with van der Waals surface area (Å²) in [5.41, 5.74) is 5.52. The number of alkyl halides is 3. The van der Waals surface area contributed by atoms with Crippen molar-refractivity contribution in [1.82, 2.24) is 15.1 Å². The van der Waals surface area contributed by atoms with Crippen LogP contribution in [-0.2, 0) is 12.7 Å². The molecule has 2 rings (SSSR count). The zero-order chi connectivity index (χ0) is 11.8. The summed E-state index contributed by atoms with van der Waals surface area (Å²) in [7, 11) is 0. The SMILES string of the molecule is NCc1nc(-c2nc(C(F)(F)F)no2)cs1. The molecule has 2 aromatic rings. The summed E-state index contributed by atoms with van der Waals surface area (Å²) < 4.78 is 41.0. The molecule has 16 heavy (non-hydrogen) atoms. The van der Waals surface area contributed by atoms with Crippen LogP contribution in [0.15, 0.2) is 9.90 Å². The lowest BCUT2D eigenvalue weighted by molar-refractivity contribution is -0.146. The van der Waals surface area contributed by atoms with Crippen LogP contribution in [0.2, 0.25) is 0 Å². The van der Waals surface area contributed by atoms with Crippen molar-refractivity contribution in [3.63, 3.8) is 0 Å². The molecule has 86 valence electrons. The Morgan fingerprint density at radius 2 is 2.12 bits per heavy atom. The number of nitrogens with zero attached hydrogens (tertiary/aromatic N) is 3. The normalized spacial score (nSPS) is 12.0. The summed E-state index contributed by atoms with van der Waals surface area (Å²) >= 11 is 1.22. The quantitative estimate of drug-likeness (QED) is 0.877. The maximum atomic E-state index is 12.2. The number of hydrogen-bond acceptors (Lipinski definition) is 6. The lowest BCUT2D eigenvalue weighted by Crippen LogP contribution is -2.07. The van der Waals surface area contributed by atoms with Gasteiger partial charge in [-0.1, -0.05) is 5.16 Å². The lowest BCUT2D eigenvalue weighted by atomic mass is 10.5. The summed E-state index contributed by atoms with van der Waals surface area (Å²) in [6.45, 7) is 0.213. The number of thiazole rings is 1. The molecule has 9 heteroatoms. The zero-order valence-corrected chi connectivity index (χ0v) is 8.47. The van der Waals surface area contributed by atoms with Crippen molar-refractivity contribution >= 4 is 11.3 Å². The van der Waals surface area contributed by atoms with Crippen LogP contribution in [-0.4, -0.2) is 15.1 Å². The first-order valence-electron chi connectivity index (χ1n) is 4.06. The molecule has 0 amide bonds. The van der Waals surface area contributed by atoms with Gasteiger partial charge < -0.3 is 10.3 Å². The molecule has 0 saturated heterocycles. The third-order valence-corrected chi connectivity index (χ3v) is 2.50. The van der Waals surface area contributed by atoms with Crippen molar-refractivity contribution in [2.24, 2.45) is 5.73 Å². The minimum absolute atomic E-state index is 0.202. The fourth-order valence-corrected chi connectivity index (χ4v) is 1.59. The molecule has 0 bridgehead atoms. The summed E-state index contributed by atoms with van der Waals surface area (Å²) in [5.74, 6) is -1.58. The van der Waals surface area contributed by atoms with Crippen molar-refractivity contribution in [3.05, 3.63) is 16.2 Å². The van der Waals surface area contributed by atoms with E-state index in [1.807, 2.05) is 0 Å². The van der Waals surface area contributed by atoms with E-state index in [0.29, 0.717) is 5.01 Å². The highest BCUT2D eigenvalue weighted by molar-refractivity contribution is 7.09. The monoisotopic (exact) mass is 250 g/mol. The molecule has 0 spiro atoms. The zero-order valence-electron chi connectivity index (χ0n) is 7.65. The third-order valence-electron chi connectivity index (χ3n) is 1.63. The minimum atomic E-state index is -4.62. The molecule has 0 radical (unpaired) electrons. The standard InChI is InChI=1S/C7H5F3N4OS/c8-7(9,10)6-13-5(15-14-6)3-2-16-4(1-11)12-3/h2H,1,11H2. The van der Waals surface area contributed by atoms with Crippen LogP contribution in [0.1, 0.15) is 10.8 Å². The van der Waals surface area contributed by atoms with Crippen LogP contribution in [0.25, 0.3) is 11.6 Å². The third kappa shape index (κ3) is 2.04. The molecule has 0 aliphatic carbocycles. The summed E-state index contributed by atoms with van der Waals surface area (Å²) in [6, 6.07) is 0. The Morgan fingerprint density at radius 1 is 1.38 bits per heavy atom. The van der Waals surface area contributed by atoms with Gasteiger partial charge in [0.2, 0.25) is 0 Å². The van der Waals surface area contributed by atoms with Gasteiger partial charge in [0.25, 0.3) is 11.7 Å². The van der Waals surface area contributed by atoms with Gasteiger partial charge in [-0.05, 0) is 0 Å². The summed E-state index contributed by atoms with van der Waals surface area (Å²) in [4.78, 5) is 7.12. The molecular weight excluding hydrogens is 245 g/mol. The molecule has 0 fully saturated rings. The lowest BCUT2D eigenvalue weighted by Gasteiger charge is -1.95. The number of hydrogen-bond donors (Lipinski definition) is 1. The average Bonchev–Trinajstić information content (AvgIpc) is 2.85. The van der Waals surface area contributed by atoms with Gasteiger partial charge in [-0.25, -0.2) is 4.98 Å². The Bertz CT molecular complexity index is 492. The molecule has 0 aliphatic heterocycles. The molecule has 0 unspecified atom stereocenters. The molecule has 0 saturated carbocycles. The van der Waals surface area contributed by atoms with Crippen LogP contribution in [0, 0.1) is 0 Å².